The molecule has 1 rings (SSSR count). The molecule has 0 N–H and O–H groups in total. The standard InChI is InChI=1S/C14H25BO4/c1-12(2,3)17-11(16)9-8-10-15-18-13(4,5)14(6,7)19-15/h8,10H,9H2,1-7H3/b10-8-. The van der Waals surface area contributed by atoms with Crippen molar-refractivity contribution < 1.29 is 18.8 Å². The molecule has 5 heteroatoms. The molecule has 0 spiro atoms. The molecule has 0 amide bonds. The first-order valence-electron chi connectivity index (χ1n) is 6.67. The first-order valence-corrected chi connectivity index (χ1v) is 6.67. The van der Waals surface area contributed by atoms with Crippen LogP contribution in [0.4, 0.5) is 0 Å². The summed E-state index contributed by atoms with van der Waals surface area (Å²) in [4.78, 5) is 11.5. The normalized spacial score (nSPS) is 21.9. The van der Waals surface area contributed by atoms with Gasteiger partial charge in [0.2, 0.25) is 0 Å². The summed E-state index contributed by atoms with van der Waals surface area (Å²) in [5.41, 5.74) is -1.16. The van der Waals surface area contributed by atoms with Crippen LogP contribution in [0.5, 0.6) is 0 Å². The number of hydrogen-bond donors (Lipinski definition) is 0. The third kappa shape index (κ3) is 4.66. The van der Waals surface area contributed by atoms with E-state index in [0.717, 1.165) is 0 Å². The minimum Gasteiger partial charge on any atom is -0.460 e. The van der Waals surface area contributed by atoms with Crippen LogP contribution in [0.3, 0.4) is 0 Å². The van der Waals surface area contributed by atoms with E-state index in [1.165, 1.54) is 0 Å². The molecule has 4 nitrogen and oxygen atoms in total. The average molecular weight is 268 g/mol. The number of hydrogen-bond acceptors (Lipinski definition) is 4. The summed E-state index contributed by atoms with van der Waals surface area (Å²) >= 11 is 0. The van der Waals surface area contributed by atoms with Crippen LogP contribution in [0.15, 0.2) is 12.1 Å². The fourth-order valence-corrected chi connectivity index (χ4v) is 1.63. The number of ether oxygens (including phenoxy) is 1. The Hall–Kier alpha value is -0.805. The molecule has 0 aromatic rings. The van der Waals surface area contributed by atoms with Crippen molar-refractivity contribution >= 4 is 13.1 Å². The second kappa shape index (κ2) is 5.29. The van der Waals surface area contributed by atoms with Gasteiger partial charge in [-0.05, 0) is 48.5 Å². The molecular weight excluding hydrogens is 243 g/mol. The molecule has 0 aromatic carbocycles. The lowest BCUT2D eigenvalue weighted by molar-refractivity contribution is -0.153. The first-order chi connectivity index (χ1) is 8.43. The SMILES string of the molecule is CC(C)(C)OC(=O)C/C=C\B1OC(C)(C)C(C)(C)O1. The molecule has 0 aliphatic carbocycles. The zero-order valence-electron chi connectivity index (χ0n) is 13.1. The van der Waals surface area contributed by atoms with Crippen molar-refractivity contribution in [2.45, 2.75) is 71.7 Å². The summed E-state index contributed by atoms with van der Waals surface area (Å²) in [6.45, 7) is 13.5. The van der Waals surface area contributed by atoms with Crippen LogP contribution in [-0.2, 0) is 18.8 Å². The van der Waals surface area contributed by atoms with Gasteiger partial charge >= 0.3 is 13.1 Å². The number of esters is 1. The highest BCUT2D eigenvalue weighted by atomic mass is 16.7. The number of carbonyl (C=O) groups excluding carboxylic acids is 1. The van der Waals surface area contributed by atoms with E-state index in [1.54, 1.807) is 12.1 Å². The molecular formula is C14H25BO4. The third-order valence-corrected chi connectivity index (χ3v) is 3.27. The Morgan fingerprint density at radius 3 is 2.05 bits per heavy atom. The van der Waals surface area contributed by atoms with Crippen molar-refractivity contribution in [2.75, 3.05) is 0 Å². The summed E-state index contributed by atoms with van der Waals surface area (Å²) in [6.07, 6.45) is 1.96. The highest BCUT2D eigenvalue weighted by Crippen LogP contribution is 2.36. The Morgan fingerprint density at radius 1 is 1.16 bits per heavy atom. The van der Waals surface area contributed by atoms with E-state index >= 15 is 0 Å². The van der Waals surface area contributed by atoms with Crippen LogP contribution in [0.1, 0.15) is 54.9 Å². The molecule has 108 valence electrons. The maximum Gasteiger partial charge on any atom is 0.486 e. The maximum atomic E-state index is 11.5. The quantitative estimate of drug-likeness (QED) is 0.583. The van der Waals surface area contributed by atoms with Gasteiger partial charge in [-0.25, -0.2) is 0 Å². The molecule has 0 bridgehead atoms. The molecule has 1 saturated heterocycles. The van der Waals surface area contributed by atoms with Gasteiger partial charge < -0.3 is 14.0 Å². The van der Waals surface area contributed by atoms with Crippen LogP contribution in [-0.4, -0.2) is 29.9 Å². The summed E-state index contributed by atoms with van der Waals surface area (Å²) in [6, 6.07) is 0. The van der Waals surface area contributed by atoms with Gasteiger partial charge in [0.25, 0.3) is 0 Å². The number of rotatable bonds is 3. The van der Waals surface area contributed by atoms with Gasteiger partial charge in [-0.1, -0.05) is 12.1 Å². The van der Waals surface area contributed by atoms with Gasteiger partial charge in [0.1, 0.15) is 5.60 Å². The minimum absolute atomic E-state index is 0.224. The van der Waals surface area contributed by atoms with Gasteiger partial charge in [-0.2, -0.15) is 0 Å². The van der Waals surface area contributed by atoms with Gasteiger partial charge in [0.05, 0.1) is 17.6 Å². The molecule has 19 heavy (non-hydrogen) atoms. The molecule has 0 radical (unpaired) electrons. The Bertz CT molecular complexity index is 350. The monoisotopic (exact) mass is 268 g/mol. The second-order valence-electron chi connectivity index (χ2n) is 6.84. The van der Waals surface area contributed by atoms with E-state index in [1.807, 2.05) is 48.5 Å². The summed E-state index contributed by atoms with van der Waals surface area (Å²) in [5, 5.41) is 0. The average Bonchev–Trinajstić information content (AvgIpc) is 2.31. The summed E-state index contributed by atoms with van der Waals surface area (Å²) < 4.78 is 16.8. The predicted molar refractivity (Wildman–Crippen MR) is 75.7 cm³/mol. The molecule has 0 atom stereocenters. The van der Waals surface area contributed by atoms with Gasteiger partial charge in [0, 0.05) is 0 Å². The smallest absolute Gasteiger partial charge is 0.460 e. The highest BCUT2D eigenvalue weighted by molar-refractivity contribution is 6.51. The van der Waals surface area contributed by atoms with E-state index in [-0.39, 0.29) is 23.6 Å². The van der Waals surface area contributed by atoms with Crippen molar-refractivity contribution in [3.8, 4) is 0 Å². The van der Waals surface area contributed by atoms with Crippen LogP contribution >= 0.6 is 0 Å². The Balaban J connectivity index is 2.46. The molecule has 0 unspecified atom stereocenters. The zero-order chi connectivity index (χ0) is 14.9. The molecule has 1 heterocycles. The fourth-order valence-electron chi connectivity index (χ4n) is 1.63. The summed E-state index contributed by atoms with van der Waals surface area (Å²) in [7, 11) is -0.410. The largest absolute Gasteiger partial charge is 0.486 e. The van der Waals surface area contributed by atoms with Crippen LogP contribution in [0, 0.1) is 0 Å². The molecule has 0 aromatic heterocycles. The predicted octanol–water partition coefficient (Wildman–Crippen LogP) is 2.91. The lowest BCUT2D eigenvalue weighted by Gasteiger charge is -2.32. The topological polar surface area (TPSA) is 44.8 Å². The van der Waals surface area contributed by atoms with Crippen molar-refractivity contribution in [3.05, 3.63) is 12.1 Å². The number of carbonyl (C=O) groups is 1. The highest BCUT2D eigenvalue weighted by Gasteiger charge is 2.49. The van der Waals surface area contributed by atoms with Crippen LogP contribution < -0.4 is 0 Å². The van der Waals surface area contributed by atoms with E-state index < -0.39 is 12.7 Å². The third-order valence-electron chi connectivity index (χ3n) is 3.27. The zero-order valence-corrected chi connectivity index (χ0v) is 13.1. The maximum absolute atomic E-state index is 11.5. The van der Waals surface area contributed by atoms with Crippen molar-refractivity contribution in [3.63, 3.8) is 0 Å². The molecule has 1 fully saturated rings. The van der Waals surface area contributed by atoms with E-state index in [0.29, 0.717) is 0 Å². The van der Waals surface area contributed by atoms with E-state index in [4.69, 9.17) is 14.0 Å². The minimum atomic E-state index is -0.449. The first kappa shape index (κ1) is 16.2. The van der Waals surface area contributed by atoms with E-state index in [2.05, 4.69) is 0 Å². The Labute approximate surface area is 116 Å². The Morgan fingerprint density at radius 2 is 1.63 bits per heavy atom. The van der Waals surface area contributed by atoms with Gasteiger partial charge in [0.15, 0.2) is 0 Å². The lowest BCUT2D eigenvalue weighted by Crippen LogP contribution is -2.41. The van der Waals surface area contributed by atoms with Crippen molar-refractivity contribution in [1.82, 2.24) is 0 Å². The van der Waals surface area contributed by atoms with Crippen LogP contribution in [0.2, 0.25) is 0 Å². The van der Waals surface area contributed by atoms with Crippen molar-refractivity contribution in [2.24, 2.45) is 0 Å². The fraction of sp³-hybridized carbons (Fsp3) is 0.786. The molecule has 1 aliphatic heterocycles. The summed E-state index contributed by atoms with van der Waals surface area (Å²) in [5.74, 6) is 1.51. The molecule has 1 aliphatic rings. The van der Waals surface area contributed by atoms with Gasteiger partial charge in [-0.3, -0.25) is 4.79 Å². The van der Waals surface area contributed by atoms with Crippen LogP contribution in [0.25, 0.3) is 0 Å². The van der Waals surface area contributed by atoms with Crippen molar-refractivity contribution in [1.29, 1.82) is 0 Å². The Kier molecular flexibility index (Phi) is 4.53. The van der Waals surface area contributed by atoms with Gasteiger partial charge in [-0.15, -0.1) is 0 Å². The van der Waals surface area contributed by atoms with E-state index in [9.17, 15) is 4.79 Å². The second-order valence-corrected chi connectivity index (χ2v) is 6.84. The molecule has 0 saturated carbocycles. The lowest BCUT2D eigenvalue weighted by atomic mass is 9.90.